The molecule has 5 aliphatic rings. The first-order valence-corrected chi connectivity index (χ1v) is 28.0. The molecule has 2 saturated carbocycles. The summed E-state index contributed by atoms with van der Waals surface area (Å²) in [5.74, 6) is 0.0650. The number of hydrogen-bond acceptors (Lipinski definition) is 14. The number of fused-ring (bicyclic) bond motifs is 2. The number of sulfonamides is 1. The van der Waals surface area contributed by atoms with E-state index in [0.717, 1.165) is 94.0 Å². The summed E-state index contributed by atoms with van der Waals surface area (Å²) in [6.45, 7) is 11.2. The number of ether oxygens (including phenoxy) is 3. The van der Waals surface area contributed by atoms with Crippen LogP contribution in [0.5, 0.6) is 23.0 Å². The third-order valence-corrected chi connectivity index (χ3v) is 18.0. The number of H-pyrrole nitrogens is 1. The van der Waals surface area contributed by atoms with Gasteiger partial charge in [-0.3, -0.25) is 24.7 Å². The number of hydrogen-bond donors (Lipinski definition) is 4. The number of alkyl halides is 2. The molecule has 1 unspecified atom stereocenters. The highest BCUT2D eigenvalue weighted by molar-refractivity contribution is 7.90. The third-order valence-electron chi connectivity index (χ3n) is 16.6. The molecule has 0 radical (unpaired) electrons. The van der Waals surface area contributed by atoms with Crippen LogP contribution in [0.2, 0.25) is 0 Å². The van der Waals surface area contributed by atoms with Crippen LogP contribution in [0, 0.1) is 21.4 Å². The summed E-state index contributed by atoms with van der Waals surface area (Å²) in [5, 5.41) is 26.5. The number of anilines is 2. The maximum absolute atomic E-state index is 14.1. The van der Waals surface area contributed by atoms with Gasteiger partial charge in [0.1, 0.15) is 22.8 Å². The van der Waals surface area contributed by atoms with Crippen LogP contribution in [0.3, 0.4) is 0 Å². The molecule has 17 nitrogen and oxygen atoms in total. The van der Waals surface area contributed by atoms with Crippen LogP contribution in [-0.4, -0.2) is 101 Å². The van der Waals surface area contributed by atoms with E-state index in [4.69, 9.17) is 9.47 Å². The monoisotopic (exact) mass is 1070 g/mol. The quantitative estimate of drug-likeness (QED) is 0.0558. The van der Waals surface area contributed by atoms with Gasteiger partial charge in [-0.05, 0) is 141 Å². The Kier molecular flexibility index (Phi) is 13.9. The lowest BCUT2D eigenvalue weighted by molar-refractivity contribution is -0.384. The second-order valence-corrected chi connectivity index (χ2v) is 24.0. The maximum atomic E-state index is 14.1. The van der Waals surface area contributed by atoms with E-state index < -0.39 is 43.3 Å². The molecule has 4 N–H and O–H groups in total. The molecule has 1 atom stereocenters. The molecule has 2 saturated heterocycles. The Hall–Kier alpha value is -6.87. The van der Waals surface area contributed by atoms with Crippen LogP contribution < -0.4 is 29.1 Å². The summed E-state index contributed by atoms with van der Waals surface area (Å²) >= 11 is 0. The number of nitro benzene ring substituents is 1. The number of aromatic amines is 1. The molecular formula is C57H64F2N8O9S. The van der Waals surface area contributed by atoms with Crippen molar-refractivity contribution in [1.82, 2.24) is 24.5 Å². The highest BCUT2D eigenvalue weighted by Gasteiger charge is 2.50. The van der Waals surface area contributed by atoms with Crippen molar-refractivity contribution in [3.8, 4) is 23.0 Å². The Morgan fingerprint density at radius 3 is 2.48 bits per heavy atom. The SMILES string of the molecule is CC(C)c1ccccc1C1CN(Cc2ccc3c(c2)OC(F)(F)O3)CCN1C1CC2(CCN(c3ccc(C(=O)NS(=O)(=O)c4ccc(NC[C@H]5CC[C@](C)(O)CC5)c([N+](=O)[O-])c4)c(Oc4cnc5[nH]ccc5c4)c3)CC2)C1. The number of benzene rings is 4. The zero-order valence-corrected chi connectivity index (χ0v) is 44.2. The van der Waals surface area contributed by atoms with Crippen LogP contribution in [-0.2, 0) is 16.6 Å². The fourth-order valence-electron chi connectivity index (χ4n) is 12.3. The Balaban J connectivity index is 0.775. The van der Waals surface area contributed by atoms with E-state index in [1.54, 1.807) is 49.5 Å². The van der Waals surface area contributed by atoms with Crippen molar-refractivity contribution in [1.29, 1.82) is 0 Å². The van der Waals surface area contributed by atoms with Crippen molar-refractivity contribution in [3.63, 3.8) is 0 Å². The van der Waals surface area contributed by atoms with E-state index in [1.807, 2.05) is 12.1 Å². The molecule has 11 rings (SSSR count). The van der Waals surface area contributed by atoms with Crippen molar-refractivity contribution < 1.29 is 46.2 Å². The van der Waals surface area contributed by atoms with Gasteiger partial charge in [0.15, 0.2) is 11.5 Å². The van der Waals surface area contributed by atoms with Crippen LogP contribution >= 0.6 is 0 Å². The number of piperidine rings is 1. The van der Waals surface area contributed by atoms with E-state index in [0.29, 0.717) is 49.3 Å². The van der Waals surface area contributed by atoms with Gasteiger partial charge in [-0.15, -0.1) is 8.78 Å². The second kappa shape index (κ2) is 20.5. The minimum atomic E-state index is -4.62. The first kappa shape index (κ1) is 52.2. The Morgan fingerprint density at radius 2 is 1.71 bits per heavy atom. The summed E-state index contributed by atoms with van der Waals surface area (Å²) < 4.78 is 73.4. The molecule has 4 aromatic carbocycles. The van der Waals surface area contributed by atoms with Crippen molar-refractivity contribution in [2.75, 3.05) is 49.5 Å². The first-order valence-electron chi connectivity index (χ1n) is 26.6. The average molecular weight is 1080 g/mol. The van der Waals surface area contributed by atoms with E-state index in [1.165, 1.54) is 29.5 Å². The molecule has 0 bridgehead atoms. The largest absolute Gasteiger partial charge is 0.586 e. The molecule has 2 aromatic heterocycles. The van der Waals surface area contributed by atoms with E-state index in [9.17, 15) is 37.2 Å². The Bertz CT molecular complexity index is 3310. The predicted molar refractivity (Wildman–Crippen MR) is 286 cm³/mol. The minimum absolute atomic E-state index is 0.0395. The third kappa shape index (κ3) is 11.2. The van der Waals surface area contributed by atoms with Gasteiger partial charge in [0.2, 0.25) is 0 Å². The summed E-state index contributed by atoms with van der Waals surface area (Å²) in [6.07, 6.45) is 6.36. The van der Waals surface area contributed by atoms with Crippen molar-refractivity contribution >= 4 is 44.0 Å². The average Bonchev–Trinajstić information content (AvgIpc) is 3.99. The Morgan fingerprint density at radius 1 is 0.948 bits per heavy atom. The molecule has 20 heteroatoms. The molecule has 2 aliphatic carbocycles. The van der Waals surface area contributed by atoms with Gasteiger partial charge in [-0.2, -0.15) is 0 Å². The number of pyridine rings is 1. The topological polar surface area (TPSA) is 205 Å². The van der Waals surface area contributed by atoms with E-state index in [-0.39, 0.29) is 45.9 Å². The summed E-state index contributed by atoms with van der Waals surface area (Å²) in [4.78, 5) is 40.1. The fourth-order valence-corrected chi connectivity index (χ4v) is 13.3. The number of aliphatic hydroxyl groups is 1. The molecule has 77 heavy (non-hydrogen) atoms. The zero-order chi connectivity index (χ0) is 53.9. The lowest BCUT2D eigenvalue weighted by Gasteiger charge is -2.58. The van der Waals surface area contributed by atoms with Gasteiger partial charge in [0.05, 0.1) is 27.2 Å². The number of carbonyl (C=O) groups excluding carboxylic acids is 1. The number of nitrogens with zero attached hydrogens (tertiary/aromatic N) is 5. The van der Waals surface area contributed by atoms with Crippen molar-refractivity contribution in [2.24, 2.45) is 11.3 Å². The summed E-state index contributed by atoms with van der Waals surface area (Å²) in [5.41, 5.74) is 4.04. The highest BCUT2D eigenvalue weighted by atomic mass is 32.2. The van der Waals surface area contributed by atoms with Gasteiger partial charge in [0.25, 0.3) is 21.6 Å². The van der Waals surface area contributed by atoms with Gasteiger partial charge >= 0.3 is 6.29 Å². The predicted octanol–water partition coefficient (Wildman–Crippen LogP) is 10.5. The smallest absolute Gasteiger partial charge is 0.455 e. The lowest BCUT2D eigenvalue weighted by atomic mass is 9.59. The molecule has 406 valence electrons. The molecule has 5 heterocycles. The summed E-state index contributed by atoms with van der Waals surface area (Å²) in [7, 11) is -4.62. The second-order valence-electron chi connectivity index (χ2n) is 22.3. The molecule has 1 amide bonds. The number of carbonyl (C=O) groups is 1. The number of rotatable bonds is 15. The number of nitro groups is 1. The lowest BCUT2D eigenvalue weighted by Crippen LogP contribution is -2.60. The maximum Gasteiger partial charge on any atom is 0.586 e. The first-order chi connectivity index (χ1) is 36.8. The molecule has 3 aliphatic heterocycles. The van der Waals surface area contributed by atoms with Crippen LogP contribution in [0.15, 0.2) is 108 Å². The number of nitrogens with one attached hydrogen (secondary N) is 3. The fraction of sp³-hybridized carbons (Fsp3) is 0.439. The molecular weight excluding hydrogens is 1010 g/mol. The van der Waals surface area contributed by atoms with E-state index >= 15 is 0 Å². The number of halogens is 2. The molecule has 1 spiro atoms. The minimum Gasteiger partial charge on any atom is -0.455 e. The van der Waals surface area contributed by atoms with Crippen LogP contribution in [0.1, 0.15) is 111 Å². The highest BCUT2D eigenvalue weighted by Crippen LogP contribution is 2.54. The van der Waals surface area contributed by atoms with Gasteiger partial charge in [-0.1, -0.05) is 44.2 Å². The number of amides is 1. The zero-order valence-electron chi connectivity index (χ0n) is 43.3. The van der Waals surface area contributed by atoms with E-state index in [2.05, 4.69) is 77.6 Å². The van der Waals surface area contributed by atoms with Crippen LogP contribution in [0.25, 0.3) is 11.0 Å². The normalized spacial score (nSPS) is 22.5. The molecule has 6 aromatic rings. The summed E-state index contributed by atoms with van der Waals surface area (Å²) in [6, 6.07) is 26.5. The van der Waals surface area contributed by atoms with Crippen molar-refractivity contribution in [2.45, 2.75) is 113 Å². The van der Waals surface area contributed by atoms with Gasteiger partial charge < -0.3 is 34.5 Å². The van der Waals surface area contributed by atoms with Crippen LogP contribution in [0.4, 0.5) is 25.8 Å². The molecule has 4 fully saturated rings. The van der Waals surface area contributed by atoms with Gasteiger partial charge in [-0.25, -0.2) is 18.1 Å². The van der Waals surface area contributed by atoms with Gasteiger partial charge in [0, 0.05) is 87.3 Å². The standard InChI is InChI=1S/C57H64F2N8O9S/c1-36(2)44-6-4-5-7-45(44)49-35-64(34-38-8-13-50-52(26-38)76-57(58,59)75-50)24-25-66(49)41-30-56(31-41)19-22-65(23-20-56)40-9-11-46(51(28-40)74-42-27-39-16-21-60-53(39)62-33-42)54(68)63-77(72,73)43-10-12-47(48(29-43)67(70)71)61-32-37-14-17-55(3,69)18-15-37/h4-13,16,21,26-29,33,36-37,41,49,61,69H,14-15,17-20,22-25,30-32,34-35H2,1-3H3,(H,60,62)(H,63,68)/t37-,49?,55-. The number of aromatic nitrogens is 2. The van der Waals surface area contributed by atoms with Crippen molar-refractivity contribution in [3.05, 3.63) is 136 Å². The Labute approximate surface area is 446 Å². The number of piperazine rings is 1.